The second kappa shape index (κ2) is 8.16. The molecule has 3 rings (SSSR count). The molecule has 28 heavy (non-hydrogen) atoms. The number of rotatable bonds is 3. The molecule has 2 aromatic rings. The molecule has 0 unspecified atom stereocenters. The molecule has 0 aliphatic carbocycles. The summed E-state index contributed by atoms with van der Waals surface area (Å²) in [6.45, 7) is 0.0864. The maximum Gasteiger partial charge on any atom is 0.330 e. The second-order valence-corrected chi connectivity index (χ2v) is 6.31. The van der Waals surface area contributed by atoms with Crippen molar-refractivity contribution in [1.29, 1.82) is 0 Å². The fourth-order valence-electron chi connectivity index (χ4n) is 3.14. The van der Waals surface area contributed by atoms with Crippen LogP contribution in [0, 0.1) is 11.6 Å². The summed E-state index contributed by atoms with van der Waals surface area (Å²) >= 11 is 0. The minimum absolute atomic E-state index is 0.0518. The molecule has 1 aliphatic heterocycles. The average molecular weight is 388 g/mol. The normalized spacial score (nSPS) is 16.6. The van der Waals surface area contributed by atoms with E-state index < -0.39 is 35.5 Å². The minimum Gasteiger partial charge on any atom is -0.467 e. The number of methoxy groups -OCH3 is 1. The highest BCUT2D eigenvalue weighted by atomic mass is 19.1. The number of halogens is 2. The van der Waals surface area contributed by atoms with E-state index in [1.807, 2.05) is 0 Å². The molecule has 0 aromatic heterocycles. The van der Waals surface area contributed by atoms with Gasteiger partial charge in [-0.2, -0.15) is 0 Å². The summed E-state index contributed by atoms with van der Waals surface area (Å²) < 4.78 is 31.7. The maximum absolute atomic E-state index is 13.5. The molecule has 2 amide bonds. The van der Waals surface area contributed by atoms with Crippen LogP contribution in [0.4, 0.5) is 8.78 Å². The number of esters is 1. The number of benzene rings is 2. The molecule has 2 aromatic carbocycles. The summed E-state index contributed by atoms with van der Waals surface area (Å²) in [4.78, 5) is 40.3. The van der Waals surface area contributed by atoms with Gasteiger partial charge in [-0.05, 0) is 36.4 Å². The lowest BCUT2D eigenvalue weighted by Crippen LogP contribution is -2.59. The highest BCUT2D eigenvalue weighted by molar-refractivity contribution is 5.98. The van der Waals surface area contributed by atoms with Crippen molar-refractivity contribution in [3.05, 3.63) is 71.3 Å². The fraction of sp³-hybridized carbons (Fsp3) is 0.250. The van der Waals surface area contributed by atoms with E-state index in [-0.39, 0.29) is 30.8 Å². The van der Waals surface area contributed by atoms with Crippen molar-refractivity contribution in [2.24, 2.45) is 0 Å². The average Bonchev–Trinajstić information content (AvgIpc) is 2.71. The van der Waals surface area contributed by atoms with Gasteiger partial charge in [0.25, 0.3) is 11.8 Å². The van der Waals surface area contributed by atoms with E-state index in [0.29, 0.717) is 0 Å². The van der Waals surface area contributed by atoms with Crippen LogP contribution in [0.5, 0.6) is 0 Å². The Morgan fingerprint density at radius 3 is 2.04 bits per heavy atom. The number of carbonyl (C=O) groups excluding carboxylic acids is 3. The first-order valence-electron chi connectivity index (χ1n) is 8.60. The molecule has 0 spiro atoms. The zero-order valence-electron chi connectivity index (χ0n) is 15.1. The van der Waals surface area contributed by atoms with Crippen molar-refractivity contribution in [3.8, 4) is 0 Å². The lowest BCUT2D eigenvalue weighted by molar-refractivity contribution is -0.147. The monoisotopic (exact) mass is 388 g/mol. The Hall–Kier alpha value is -3.29. The molecule has 1 heterocycles. The smallest absolute Gasteiger partial charge is 0.330 e. The van der Waals surface area contributed by atoms with Gasteiger partial charge in [0, 0.05) is 24.2 Å². The number of carbonyl (C=O) groups is 3. The number of hydrogen-bond donors (Lipinski definition) is 0. The Morgan fingerprint density at radius 1 is 0.929 bits per heavy atom. The van der Waals surface area contributed by atoms with Gasteiger partial charge < -0.3 is 14.5 Å². The van der Waals surface area contributed by atoms with Crippen LogP contribution in [0.3, 0.4) is 0 Å². The second-order valence-electron chi connectivity index (χ2n) is 6.31. The van der Waals surface area contributed by atoms with Crippen LogP contribution in [0.2, 0.25) is 0 Å². The first kappa shape index (κ1) is 19.5. The summed E-state index contributed by atoms with van der Waals surface area (Å²) in [5, 5.41) is 0. The van der Waals surface area contributed by atoms with Gasteiger partial charge in [0.15, 0.2) is 0 Å². The number of ether oxygens (including phenoxy) is 1. The van der Waals surface area contributed by atoms with Gasteiger partial charge in [-0.15, -0.1) is 0 Å². The molecule has 1 atom stereocenters. The molecule has 1 fully saturated rings. The SMILES string of the molecule is COC(=O)[C@H]1CN(C(=O)c2cccc(F)c2)CCN1C(=O)c1cccc(F)c1. The number of hydrogen-bond acceptors (Lipinski definition) is 4. The van der Waals surface area contributed by atoms with E-state index >= 15 is 0 Å². The van der Waals surface area contributed by atoms with E-state index in [0.717, 1.165) is 12.1 Å². The Labute approximate surface area is 160 Å². The van der Waals surface area contributed by atoms with Gasteiger partial charge in [-0.1, -0.05) is 12.1 Å². The van der Waals surface area contributed by atoms with Crippen molar-refractivity contribution < 1.29 is 27.9 Å². The van der Waals surface area contributed by atoms with Gasteiger partial charge in [0.2, 0.25) is 0 Å². The Balaban J connectivity index is 1.83. The Kier molecular flexibility index (Phi) is 5.67. The molecule has 8 heteroatoms. The van der Waals surface area contributed by atoms with Gasteiger partial charge in [-0.25, -0.2) is 13.6 Å². The van der Waals surface area contributed by atoms with Crippen molar-refractivity contribution in [3.63, 3.8) is 0 Å². The van der Waals surface area contributed by atoms with Crippen LogP contribution in [-0.4, -0.2) is 60.4 Å². The Morgan fingerprint density at radius 2 is 1.50 bits per heavy atom. The van der Waals surface area contributed by atoms with Crippen LogP contribution >= 0.6 is 0 Å². The minimum atomic E-state index is -1.05. The zero-order chi connectivity index (χ0) is 20.3. The van der Waals surface area contributed by atoms with E-state index in [1.54, 1.807) is 0 Å². The number of piperazine rings is 1. The summed E-state index contributed by atoms with van der Waals surface area (Å²) in [5.74, 6) is -2.80. The molecular formula is C20H18F2N2O4. The molecule has 6 nitrogen and oxygen atoms in total. The summed E-state index contributed by atoms with van der Waals surface area (Å²) in [6.07, 6.45) is 0. The number of nitrogens with zero attached hydrogens (tertiary/aromatic N) is 2. The van der Waals surface area contributed by atoms with Crippen molar-refractivity contribution in [2.45, 2.75) is 6.04 Å². The van der Waals surface area contributed by atoms with Gasteiger partial charge in [0.05, 0.1) is 13.7 Å². The standard InChI is InChI=1S/C20H18F2N2O4/c1-28-20(27)17-12-23(18(25)13-4-2-6-15(21)10-13)8-9-24(17)19(26)14-5-3-7-16(22)11-14/h2-7,10-11,17H,8-9,12H2,1H3/t17-/m1/s1. The molecule has 0 radical (unpaired) electrons. The quantitative estimate of drug-likeness (QED) is 0.756. The fourth-order valence-corrected chi connectivity index (χ4v) is 3.14. The highest BCUT2D eigenvalue weighted by Gasteiger charge is 2.38. The third kappa shape index (κ3) is 4.00. The van der Waals surface area contributed by atoms with E-state index in [1.165, 1.54) is 53.3 Å². The highest BCUT2D eigenvalue weighted by Crippen LogP contribution is 2.18. The van der Waals surface area contributed by atoms with Crippen LogP contribution in [0.25, 0.3) is 0 Å². The van der Waals surface area contributed by atoms with E-state index in [2.05, 4.69) is 0 Å². The van der Waals surface area contributed by atoms with Crippen LogP contribution in [0.1, 0.15) is 20.7 Å². The summed E-state index contributed by atoms with van der Waals surface area (Å²) in [6, 6.07) is 9.33. The molecule has 1 aliphatic rings. The maximum atomic E-state index is 13.5. The van der Waals surface area contributed by atoms with Crippen molar-refractivity contribution >= 4 is 17.8 Å². The molecule has 1 saturated heterocycles. The summed E-state index contributed by atoms with van der Waals surface area (Å²) in [7, 11) is 1.18. The van der Waals surface area contributed by atoms with Crippen molar-refractivity contribution in [2.75, 3.05) is 26.7 Å². The topological polar surface area (TPSA) is 66.9 Å². The first-order valence-corrected chi connectivity index (χ1v) is 8.60. The lowest BCUT2D eigenvalue weighted by atomic mass is 10.1. The van der Waals surface area contributed by atoms with Gasteiger partial charge >= 0.3 is 5.97 Å². The van der Waals surface area contributed by atoms with Gasteiger partial charge in [-0.3, -0.25) is 9.59 Å². The van der Waals surface area contributed by atoms with E-state index in [9.17, 15) is 23.2 Å². The van der Waals surface area contributed by atoms with Crippen LogP contribution in [0.15, 0.2) is 48.5 Å². The molecule has 146 valence electrons. The number of amides is 2. The van der Waals surface area contributed by atoms with E-state index in [4.69, 9.17) is 4.74 Å². The summed E-state index contributed by atoms with van der Waals surface area (Å²) in [5.41, 5.74) is 0.243. The molecule has 0 bridgehead atoms. The van der Waals surface area contributed by atoms with Crippen molar-refractivity contribution in [1.82, 2.24) is 9.80 Å². The first-order chi connectivity index (χ1) is 13.4. The predicted octanol–water partition coefficient (Wildman–Crippen LogP) is 2.10. The lowest BCUT2D eigenvalue weighted by Gasteiger charge is -2.39. The molecular weight excluding hydrogens is 370 g/mol. The van der Waals surface area contributed by atoms with Crippen LogP contribution < -0.4 is 0 Å². The largest absolute Gasteiger partial charge is 0.467 e. The predicted molar refractivity (Wildman–Crippen MR) is 95.5 cm³/mol. The third-order valence-electron chi connectivity index (χ3n) is 4.54. The zero-order valence-corrected chi connectivity index (χ0v) is 15.1. The molecule has 0 saturated carbocycles. The van der Waals surface area contributed by atoms with Crippen LogP contribution in [-0.2, 0) is 9.53 Å². The Bertz CT molecular complexity index is 919. The molecule has 0 N–H and O–H groups in total. The third-order valence-corrected chi connectivity index (χ3v) is 4.54. The van der Waals surface area contributed by atoms with Gasteiger partial charge in [0.1, 0.15) is 17.7 Å².